The average Bonchev–Trinajstić information content (AvgIpc) is 3.30. The maximum atomic E-state index is 12.2. The molecule has 0 spiro atoms. The molecule has 2 saturated carbocycles. The third kappa shape index (κ3) is 3.53. The van der Waals surface area contributed by atoms with Crippen molar-refractivity contribution in [3.05, 3.63) is 0 Å². The van der Waals surface area contributed by atoms with Gasteiger partial charge in [-0.05, 0) is 64.5 Å². The zero-order chi connectivity index (χ0) is 14.6. The third-order valence-corrected chi connectivity index (χ3v) is 5.00. The summed E-state index contributed by atoms with van der Waals surface area (Å²) < 4.78 is 5.05. The monoisotopic (exact) mass is 282 g/mol. The van der Waals surface area contributed by atoms with Crippen LogP contribution >= 0.6 is 0 Å². The highest BCUT2D eigenvalue weighted by Gasteiger charge is 2.44. The Labute approximate surface area is 123 Å². The number of nitrogens with one attached hydrogen (secondary N) is 1. The third-order valence-electron chi connectivity index (χ3n) is 5.00. The molecular formula is C16H30N2O2. The van der Waals surface area contributed by atoms with E-state index in [-0.39, 0.29) is 5.97 Å². The molecule has 0 amide bonds. The van der Waals surface area contributed by atoms with Crippen LogP contribution in [0.4, 0.5) is 0 Å². The molecule has 2 aliphatic carbocycles. The fourth-order valence-electron chi connectivity index (χ4n) is 3.61. The van der Waals surface area contributed by atoms with Crippen LogP contribution in [0.5, 0.6) is 0 Å². The summed E-state index contributed by atoms with van der Waals surface area (Å²) in [6.45, 7) is 4.62. The molecule has 4 nitrogen and oxygen atoms in total. The van der Waals surface area contributed by atoms with Gasteiger partial charge in [-0.2, -0.15) is 0 Å². The highest BCUT2D eigenvalue weighted by molar-refractivity contribution is 5.81. The minimum absolute atomic E-state index is 0.0902. The highest BCUT2D eigenvalue weighted by Crippen LogP contribution is 2.35. The highest BCUT2D eigenvalue weighted by atomic mass is 16.5. The van der Waals surface area contributed by atoms with Crippen molar-refractivity contribution in [2.24, 2.45) is 5.92 Å². The molecule has 4 heteroatoms. The summed E-state index contributed by atoms with van der Waals surface area (Å²) in [6.07, 6.45) is 8.08. The minimum Gasteiger partial charge on any atom is -0.468 e. The molecule has 2 rings (SSSR count). The normalized spacial score (nSPS) is 30.5. The van der Waals surface area contributed by atoms with E-state index in [0.717, 1.165) is 31.7 Å². The summed E-state index contributed by atoms with van der Waals surface area (Å²) >= 11 is 0. The second kappa shape index (κ2) is 6.90. The smallest absolute Gasteiger partial charge is 0.326 e. The van der Waals surface area contributed by atoms with Gasteiger partial charge in [-0.15, -0.1) is 0 Å². The van der Waals surface area contributed by atoms with Crippen molar-refractivity contribution in [3.63, 3.8) is 0 Å². The number of likely N-dealkylation sites (N-methyl/N-ethyl adjacent to an activating group) is 1. The lowest BCUT2D eigenvalue weighted by molar-refractivity contribution is -0.151. The molecule has 20 heavy (non-hydrogen) atoms. The summed E-state index contributed by atoms with van der Waals surface area (Å²) in [5.74, 6) is 0.818. The van der Waals surface area contributed by atoms with Gasteiger partial charge in [0.15, 0.2) is 0 Å². The first-order chi connectivity index (χ1) is 9.65. The summed E-state index contributed by atoms with van der Waals surface area (Å²) in [6, 6.07) is 0.524. The second-order valence-electron chi connectivity index (χ2n) is 6.51. The molecule has 116 valence electrons. The van der Waals surface area contributed by atoms with Gasteiger partial charge in [0.25, 0.3) is 0 Å². The maximum Gasteiger partial charge on any atom is 0.326 e. The number of ether oxygens (including phenoxy) is 1. The molecule has 2 atom stereocenters. The van der Waals surface area contributed by atoms with E-state index in [2.05, 4.69) is 17.1 Å². The van der Waals surface area contributed by atoms with Crippen LogP contribution in [-0.4, -0.2) is 49.7 Å². The molecule has 2 unspecified atom stereocenters. The number of hydrogen-bond donors (Lipinski definition) is 1. The van der Waals surface area contributed by atoms with Crippen molar-refractivity contribution in [1.82, 2.24) is 10.2 Å². The number of carbonyl (C=O) groups is 1. The Morgan fingerprint density at radius 3 is 2.70 bits per heavy atom. The number of methoxy groups -OCH3 is 1. The van der Waals surface area contributed by atoms with Crippen LogP contribution in [0.2, 0.25) is 0 Å². The van der Waals surface area contributed by atoms with E-state index in [0.29, 0.717) is 6.04 Å². The van der Waals surface area contributed by atoms with Gasteiger partial charge in [0.05, 0.1) is 7.11 Å². The molecule has 0 aromatic heterocycles. The summed E-state index contributed by atoms with van der Waals surface area (Å²) in [7, 11) is 3.39. The van der Waals surface area contributed by atoms with Gasteiger partial charge in [0, 0.05) is 12.6 Å². The van der Waals surface area contributed by atoms with E-state index in [4.69, 9.17) is 4.74 Å². The Morgan fingerprint density at radius 2 is 2.15 bits per heavy atom. The standard InChI is InChI=1S/C16H30N2O2/c1-4-10-18(12-13-7-8-13)14-6-5-9-16(11-14,17-2)15(19)20-3/h13-14,17H,4-12H2,1-3H3. The van der Waals surface area contributed by atoms with E-state index < -0.39 is 5.54 Å². The number of nitrogens with zero attached hydrogens (tertiary/aromatic N) is 1. The SMILES string of the molecule is CCCN(CC1CC1)C1CCCC(NC)(C(=O)OC)C1. The van der Waals surface area contributed by atoms with Crippen molar-refractivity contribution in [2.45, 2.75) is 63.5 Å². The fourth-order valence-corrected chi connectivity index (χ4v) is 3.61. The lowest BCUT2D eigenvalue weighted by Gasteiger charge is -2.43. The number of esters is 1. The molecule has 2 aliphatic rings. The van der Waals surface area contributed by atoms with Crippen LogP contribution in [0.1, 0.15) is 51.9 Å². The first-order valence-electron chi connectivity index (χ1n) is 8.16. The molecule has 0 radical (unpaired) electrons. The fraction of sp³-hybridized carbons (Fsp3) is 0.938. The molecule has 1 N–H and O–H groups in total. The quantitative estimate of drug-likeness (QED) is 0.727. The van der Waals surface area contributed by atoms with Crippen LogP contribution in [0.3, 0.4) is 0 Å². The molecule has 0 aromatic carbocycles. The lowest BCUT2D eigenvalue weighted by Crippen LogP contribution is -2.57. The van der Waals surface area contributed by atoms with E-state index in [1.54, 1.807) is 0 Å². The van der Waals surface area contributed by atoms with E-state index in [1.165, 1.54) is 39.3 Å². The summed E-state index contributed by atoms with van der Waals surface area (Å²) in [5, 5.41) is 3.26. The zero-order valence-electron chi connectivity index (χ0n) is 13.3. The number of carbonyl (C=O) groups excluding carboxylic acids is 1. The Hall–Kier alpha value is -0.610. The Morgan fingerprint density at radius 1 is 1.40 bits per heavy atom. The second-order valence-corrected chi connectivity index (χ2v) is 6.51. The first kappa shape index (κ1) is 15.8. The Bertz CT molecular complexity index is 330. The number of rotatable bonds is 7. The summed E-state index contributed by atoms with van der Waals surface area (Å²) in [5.41, 5.74) is -0.465. The Kier molecular flexibility index (Phi) is 5.44. The van der Waals surface area contributed by atoms with Gasteiger partial charge >= 0.3 is 5.97 Å². The Balaban J connectivity index is 2.04. The molecule has 0 heterocycles. The van der Waals surface area contributed by atoms with Gasteiger partial charge in [-0.1, -0.05) is 6.92 Å². The van der Waals surface area contributed by atoms with Gasteiger partial charge in [-0.3, -0.25) is 4.79 Å². The van der Waals surface area contributed by atoms with Crippen LogP contribution in [0.15, 0.2) is 0 Å². The molecule has 0 saturated heterocycles. The topological polar surface area (TPSA) is 41.6 Å². The average molecular weight is 282 g/mol. The van der Waals surface area contributed by atoms with Gasteiger partial charge in [-0.25, -0.2) is 0 Å². The molecule has 2 fully saturated rings. The van der Waals surface area contributed by atoms with Gasteiger partial charge < -0.3 is 15.0 Å². The van der Waals surface area contributed by atoms with Crippen molar-refractivity contribution in [2.75, 3.05) is 27.2 Å². The maximum absolute atomic E-state index is 12.2. The summed E-state index contributed by atoms with van der Waals surface area (Å²) in [4.78, 5) is 14.8. The van der Waals surface area contributed by atoms with E-state index >= 15 is 0 Å². The largest absolute Gasteiger partial charge is 0.468 e. The molecular weight excluding hydrogens is 252 g/mol. The first-order valence-corrected chi connectivity index (χ1v) is 8.16. The minimum atomic E-state index is -0.465. The van der Waals surface area contributed by atoms with Gasteiger partial charge in [0.2, 0.25) is 0 Å². The van der Waals surface area contributed by atoms with Crippen molar-refractivity contribution in [3.8, 4) is 0 Å². The van der Waals surface area contributed by atoms with Crippen LogP contribution in [-0.2, 0) is 9.53 Å². The predicted molar refractivity (Wildman–Crippen MR) is 80.7 cm³/mol. The van der Waals surface area contributed by atoms with Crippen LogP contribution in [0.25, 0.3) is 0 Å². The van der Waals surface area contributed by atoms with Crippen LogP contribution in [0, 0.1) is 5.92 Å². The lowest BCUT2D eigenvalue weighted by atomic mass is 9.78. The van der Waals surface area contributed by atoms with Crippen molar-refractivity contribution >= 4 is 5.97 Å². The van der Waals surface area contributed by atoms with Crippen molar-refractivity contribution in [1.29, 1.82) is 0 Å². The van der Waals surface area contributed by atoms with Gasteiger partial charge in [0.1, 0.15) is 5.54 Å². The zero-order valence-corrected chi connectivity index (χ0v) is 13.3. The molecule has 0 aliphatic heterocycles. The van der Waals surface area contributed by atoms with E-state index in [9.17, 15) is 4.79 Å². The number of hydrogen-bond acceptors (Lipinski definition) is 4. The van der Waals surface area contributed by atoms with Crippen LogP contribution < -0.4 is 5.32 Å². The predicted octanol–water partition coefficient (Wildman–Crippen LogP) is 2.18. The molecule has 0 bridgehead atoms. The molecule has 0 aromatic rings. The van der Waals surface area contributed by atoms with Crippen molar-refractivity contribution < 1.29 is 9.53 Å². The van der Waals surface area contributed by atoms with E-state index in [1.807, 2.05) is 7.05 Å².